The minimum atomic E-state index is -0.649. The maximum absolute atomic E-state index is 10.7. The number of hydrogen-bond donors (Lipinski definition) is 1. The van der Waals surface area contributed by atoms with Crippen molar-refractivity contribution in [3.63, 3.8) is 0 Å². The first-order valence-electron chi connectivity index (χ1n) is 5.64. The molecule has 1 saturated carbocycles. The average molecular weight is 219 g/mol. The Morgan fingerprint density at radius 3 is 2.56 bits per heavy atom. The molecule has 1 aromatic rings. The lowest BCUT2D eigenvalue weighted by Gasteiger charge is -2.39. The summed E-state index contributed by atoms with van der Waals surface area (Å²) < 4.78 is 0. The smallest absolute Gasteiger partial charge is 0.306 e. The molecular weight excluding hydrogens is 202 g/mol. The van der Waals surface area contributed by atoms with E-state index < -0.39 is 5.97 Å². The van der Waals surface area contributed by atoms with Crippen LogP contribution in [0.1, 0.15) is 18.4 Å². The first kappa shape index (κ1) is 11.1. The molecule has 0 heterocycles. The topological polar surface area (TPSA) is 40.5 Å². The van der Waals surface area contributed by atoms with Crippen LogP contribution in [0, 0.1) is 5.92 Å². The van der Waals surface area contributed by atoms with Gasteiger partial charge in [0.15, 0.2) is 0 Å². The van der Waals surface area contributed by atoms with Crippen molar-refractivity contribution in [2.24, 2.45) is 5.92 Å². The van der Waals surface area contributed by atoms with Crippen LogP contribution in [0.3, 0.4) is 0 Å². The summed E-state index contributed by atoms with van der Waals surface area (Å²) in [5, 5.41) is 8.80. The maximum atomic E-state index is 10.7. The number of carbonyl (C=O) groups is 1. The summed E-state index contributed by atoms with van der Waals surface area (Å²) in [5.74, 6) is -0.771. The van der Waals surface area contributed by atoms with Crippen molar-refractivity contribution in [2.45, 2.75) is 25.4 Å². The van der Waals surface area contributed by atoms with Gasteiger partial charge in [0.2, 0.25) is 0 Å². The largest absolute Gasteiger partial charge is 0.481 e. The van der Waals surface area contributed by atoms with Crippen molar-refractivity contribution in [3.8, 4) is 0 Å². The van der Waals surface area contributed by atoms with Gasteiger partial charge in [-0.2, -0.15) is 0 Å². The van der Waals surface area contributed by atoms with E-state index in [2.05, 4.69) is 24.1 Å². The Balaban J connectivity index is 1.82. The van der Waals surface area contributed by atoms with E-state index in [1.807, 2.05) is 18.2 Å². The number of aliphatic carboxylic acids is 1. The lowest BCUT2D eigenvalue weighted by atomic mass is 9.79. The second kappa shape index (κ2) is 4.66. The van der Waals surface area contributed by atoms with E-state index in [-0.39, 0.29) is 5.92 Å². The number of carboxylic acid groups (broad SMARTS) is 1. The summed E-state index contributed by atoms with van der Waals surface area (Å²) >= 11 is 0. The van der Waals surface area contributed by atoms with Gasteiger partial charge in [0.1, 0.15) is 0 Å². The molecule has 1 aliphatic carbocycles. The third-order valence-electron chi connectivity index (χ3n) is 3.36. The predicted octanol–water partition coefficient (Wildman–Crippen LogP) is 1.98. The van der Waals surface area contributed by atoms with Crippen LogP contribution >= 0.6 is 0 Å². The van der Waals surface area contributed by atoms with Crippen LogP contribution in [0.15, 0.2) is 30.3 Å². The fourth-order valence-electron chi connectivity index (χ4n) is 2.15. The first-order chi connectivity index (χ1) is 7.66. The highest BCUT2D eigenvalue weighted by Gasteiger charge is 2.36. The Bertz CT molecular complexity index is 357. The Kier molecular flexibility index (Phi) is 3.25. The zero-order valence-electron chi connectivity index (χ0n) is 9.47. The molecule has 0 spiro atoms. The Morgan fingerprint density at radius 2 is 2.00 bits per heavy atom. The van der Waals surface area contributed by atoms with Gasteiger partial charge in [0.25, 0.3) is 0 Å². The molecule has 0 saturated heterocycles. The second-order valence-corrected chi connectivity index (χ2v) is 4.56. The monoisotopic (exact) mass is 219 g/mol. The summed E-state index contributed by atoms with van der Waals surface area (Å²) in [6, 6.07) is 10.7. The quantitative estimate of drug-likeness (QED) is 0.841. The van der Waals surface area contributed by atoms with E-state index >= 15 is 0 Å². The molecule has 16 heavy (non-hydrogen) atoms. The van der Waals surface area contributed by atoms with E-state index in [4.69, 9.17) is 5.11 Å². The van der Waals surface area contributed by atoms with Crippen LogP contribution in [-0.4, -0.2) is 29.1 Å². The maximum Gasteiger partial charge on any atom is 0.306 e. The fourth-order valence-corrected chi connectivity index (χ4v) is 2.15. The van der Waals surface area contributed by atoms with Gasteiger partial charge in [0.05, 0.1) is 5.92 Å². The van der Waals surface area contributed by atoms with Gasteiger partial charge in [-0.3, -0.25) is 9.69 Å². The van der Waals surface area contributed by atoms with E-state index in [9.17, 15) is 4.79 Å². The van der Waals surface area contributed by atoms with Crippen LogP contribution in [0.5, 0.6) is 0 Å². The van der Waals surface area contributed by atoms with Gasteiger partial charge in [0, 0.05) is 12.6 Å². The van der Waals surface area contributed by atoms with Crippen LogP contribution < -0.4 is 0 Å². The lowest BCUT2D eigenvalue weighted by Crippen LogP contribution is -2.44. The van der Waals surface area contributed by atoms with Crippen molar-refractivity contribution in [3.05, 3.63) is 35.9 Å². The Labute approximate surface area is 95.7 Å². The number of benzene rings is 1. The summed E-state index contributed by atoms with van der Waals surface area (Å²) in [6.45, 7) is 0.901. The van der Waals surface area contributed by atoms with Crippen LogP contribution in [0.25, 0.3) is 0 Å². The normalized spacial score (nSPS) is 24.1. The molecule has 86 valence electrons. The molecule has 1 fully saturated rings. The van der Waals surface area contributed by atoms with Crippen molar-refractivity contribution in [1.29, 1.82) is 0 Å². The van der Waals surface area contributed by atoms with Gasteiger partial charge in [-0.25, -0.2) is 0 Å². The predicted molar refractivity (Wildman–Crippen MR) is 62.1 cm³/mol. The summed E-state index contributed by atoms with van der Waals surface area (Å²) in [5.41, 5.74) is 1.28. The summed E-state index contributed by atoms with van der Waals surface area (Å²) in [4.78, 5) is 12.9. The van der Waals surface area contributed by atoms with E-state index in [1.165, 1.54) is 5.56 Å². The highest BCUT2D eigenvalue weighted by molar-refractivity contribution is 5.71. The zero-order chi connectivity index (χ0) is 11.5. The highest BCUT2D eigenvalue weighted by atomic mass is 16.4. The molecule has 1 aliphatic rings. The van der Waals surface area contributed by atoms with Gasteiger partial charge in [-0.1, -0.05) is 30.3 Å². The number of hydrogen-bond acceptors (Lipinski definition) is 2. The fraction of sp³-hybridized carbons (Fsp3) is 0.462. The van der Waals surface area contributed by atoms with Crippen LogP contribution in [0.4, 0.5) is 0 Å². The highest BCUT2D eigenvalue weighted by Crippen LogP contribution is 2.31. The Hall–Kier alpha value is -1.35. The summed E-state index contributed by atoms with van der Waals surface area (Å²) in [7, 11) is 2.07. The van der Waals surface area contributed by atoms with Crippen LogP contribution in [0.2, 0.25) is 0 Å². The number of rotatable bonds is 4. The van der Waals surface area contributed by atoms with Gasteiger partial charge in [-0.15, -0.1) is 0 Å². The zero-order valence-corrected chi connectivity index (χ0v) is 9.47. The minimum Gasteiger partial charge on any atom is -0.481 e. The molecule has 0 radical (unpaired) electrons. The van der Waals surface area contributed by atoms with Gasteiger partial charge >= 0.3 is 5.97 Å². The van der Waals surface area contributed by atoms with Gasteiger partial charge in [-0.05, 0) is 25.5 Å². The van der Waals surface area contributed by atoms with Crippen molar-refractivity contribution >= 4 is 5.97 Å². The molecule has 3 heteroatoms. The van der Waals surface area contributed by atoms with Crippen molar-refractivity contribution in [1.82, 2.24) is 4.90 Å². The average Bonchev–Trinajstić information content (AvgIpc) is 2.15. The molecule has 1 aromatic carbocycles. The second-order valence-electron chi connectivity index (χ2n) is 4.56. The molecule has 1 N–H and O–H groups in total. The van der Waals surface area contributed by atoms with Crippen LogP contribution in [-0.2, 0) is 11.3 Å². The van der Waals surface area contributed by atoms with E-state index in [0.717, 1.165) is 19.4 Å². The molecule has 0 atom stereocenters. The summed E-state index contributed by atoms with van der Waals surface area (Å²) in [6.07, 6.45) is 1.58. The first-order valence-corrected chi connectivity index (χ1v) is 5.64. The molecule has 0 aliphatic heterocycles. The van der Waals surface area contributed by atoms with E-state index in [1.54, 1.807) is 0 Å². The molecule has 0 amide bonds. The standard InChI is InChI=1S/C13H17NO2/c1-14(9-10-5-3-2-4-6-10)12-7-11(8-12)13(15)16/h2-6,11-12H,7-9H2,1H3,(H,15,16). The lowest BCUT2D eigenvalue weighted by molar-refractivity contribution is -0.146. The van der Waals surface area contributed by atoms with Gasteiger partial charge < -0.3 is 5.11 Å². The minimum absolute atomic E-state index is 0.122. The van der Waals surface area contributed by atoms with Crippen molar-refractivity contribution < 1.29 is 9.90 Å². The molecule has 0 bridgehead atoms. The molecule has 2 rings (SSSR count). The third-order valence-corrected chi connectivity index (χ3v) is 3.36. The molecule has 3 nitrogen and oxygen atoms in total. The third kappa shape index (κ3) is 2.42. The molecular formula is C13H17NO2. The number of carboxylic acids is 1. The molecule has 0 unspecified atom stereocenters. The molecule has 0 aromatic heterocycles. The van der Waals surface area contributed by atoms with Crippen molar-refractivity contribution in [2.75, 3.05) is 7.05 Å². The Morgan fingerprint density at radius 1 is 1.38 bits per heavy atom. The SMILES string of the molecule is CN(Cc1ccccc1)C1CC(C(=O)O)C1. The van der Waals surface area contributed by atoms with E-state index in [0.29, 0.717) is 6.04 Å². The number of nitrogens with zero attached hydrogens (tertiary/aromatic N) is 1.